The molecule has 0 aromatic heterocycles. The molecule has 0 spiro atoms. The minimum absolute atomic E-state index is 0.0247. The molecule has 14 heavy (non-hydrogen) atoms. The van der Waals surface area contributed by atoms with Gasteiger partial charge in [-0.3, -0.25) is 4.79 Å². The van der Waals surface area contributed by atoms with Crippen molar-refractivity contribution in [2.24, 2.45) is 5.92 Å². The normalized spacial score (nSPS) is 25.8. The van der Waals surface area contributed by atoms with Gasteiger partial charge in [-0.2, -0.15) is 0 Å². The highest BCUT2D eigenvalue weighted by atomic mass is 16.3. The summed E-state index contributed by atoms with van der Waals surface area (Å²) in [7, 11) is 0. The Labute approximate surface area is 85.1 Å². The second kappa shape index (κ2) is 5.32. The lowest BCUT2D eigenvalue weighted by molar-refractivity contribution is -0.123. The van der Waals surface area contributed by atoms with Crippen LogP contribution in [0.2, 0.25) is 0 Å². The predicted octanol–water partition coefficient (Wildman–Crippen LogP) is -0.128. The van der Waals surface area contributed by atoms with Crippen LogP contribution in [0.15, 0.2) is 0 Å². The lowest BCUT2D eigenvalue weighted by Gasteiger charge is -2.21. The summed E-state index contributed by atoms with van der Waals surface area (Å²) in [4.78, 5) is 11.6. The molecule has 0 aromatic rings. The van der Waals surface area contributed by atoms with E-state index in [1.807, 2.05) is 13.8 Å². The molecule has 3 atom stereocenters. The molecule has 1 fully saturated rings. The number of amides is 1. The first kappa shape index (κ1) is 11.5. The summed E-state index contributed by atoms with van der Waals surface area (Å²) in [5.41, 5.74) is 0. The Kier molecular flexibility index (Phi) is 4.35. The van der Waals surface area contributed by atoms with Crippen molar-refractivity contribution in [3.8, 4) is 0 Å². The highest BCUT2D eigenvalue weighted by Gasteiger charge is 2.24. The van der Waals surface area contributed by atoms with Gasteiger partial charge in [0.05, 0.1) is 6.04 Å². The van der Waals surface area contributed by atoms with Crippen molar-refractivity contribution in [2.45, 2.75) is 38.8 Å². The summed E-state index contributed by atoms with van der Waals surface area (Å²) in [6.07, 6.45) is 1.99. The Morgan fingerprint density at radius 2 is 2.36 bits per heavy atom. The third-order valence-corrected chi connectivity index (χ3v) is 2.89. The number of aliphatic hydroxyl groups is 1. The topological polar surface area (TPSA) is 61.4 Å². The van der Waals surface area contributed by atoms with Gasteiger partial charge < -0.3 is 15.7 Å². The van der Waals surface area contributed by atoms with Crippen LogP contribution in [0.1, 0.15) is 26.7 Å². The minimum atomic E-state index is -0.0247. The molecule has 1 aliphatic rings. The Hall–Kier alpha value is -0.610. The molecule has 0 saturated carbocycles. The van der Waals surface area contributed by atoms with Crippen molar-refractivity contribution in [1.29, 1.82) is 0 Å². The molecule has 3 N–H and O–H groups in total. The van der Waals surface area contributed by atoms with Gasteiger partial charge in [0.25, 0.3) is 0 Å². The van der Waals surface area contributed by atoms with E-state index in [1.165, 1.54) is 0 Å². The average molecular weight is 200 g/mol. The van der Waals surface area contributed by atoms with Gasteiger partial charge in [-0.25, -0.2) is 0 Å². The molecule has 82 valence electrons. The van der Waals surface area contributed by atoms with E-state index in [-0.39, 0.29) is 30.5 Å². The van der Waals surface area contributed by atoms with Gasteiger partial charge in [0.2, 0.25) is 5.91 Å². The first-order valence-corrected chi connectivity index (χ1v) is 5.29. The summed E-state index contributed by atoms with van der Waals surface area (Å²) in [5.74, 6) is 0.177. The summed E-state index contributed by atoms with van der Waals surface area (Å²) >= 11 is 0. The zero-order valence-corrected chi connectivity index (χ0v) is 8.92. The van der Waals surface area contributed by atoms with Crippen LogP contribution in [0, 0.1) is 5.92 Å². The van der Waals surface area contributed by atoms with Crippen molar-refractivity contribution < 1.29 is 9.90 Å². The number of carbonyl (C=O) groups excluding carboxylic acids is 1. The molecule has 1 heterocycles. The fraction of sp³-hybridized carbons (Fsp3) is 0.900. The molecule has 0 bridgehead atoms. The monoisotopic (exact) mass is 200 g/mol. The van der Waals surface area contributed by atoms with Crippen LogP contribution in [0.5, 0.6) is 0 Å². The maximum atomic E-state index is 11.6. The van der Waals surface area contributed by atoms with Crippen LogP contribution >= 0.6 is 0 Å². The van der Waals surface area contributed by atoms with E-state index in [4.69, 9.17) is 5.11 Å². The smallest absolute Gasteiger partial charge is 0.237 e. The third-order valence-electron chi connectivity index (χ3n) is 2.89. The largest absolute Gasteiger partial charge is 0.396 e. The molecular formula is C10H20N2O2. The predicted molar refractivity (Wildman–Crippen MR) is 54.9 cm³/mol. The number of carbonyl (C=O) groups is 1. The summed E-state index contributed by atoms with van der Waals surface area (Å²) < 4.78 is 0. The lowest BCUT2D eigenvalue weighted by Crippen LogP contribution is -2.46. The minimum Gasteiger partial charge on any atom is -0.396 e. The molecule has 0 aliphatic carbocycles. The third kappa shape index (κ3) is 2.96. The number of hydrogen-bond donors (Lipinski definition) is 3. The van der Waals surface area contributed by atoms with Crippen LogP contribution in [-0.4, -0.2) is 36.2 Å². The molecule has 4 heteroatoms. The molecule has 4 nitrogen and oxygen atoms in total. The summed E-state index contributed by atoms with van der Waals surface area (Å²) in [5, 5.41) is 15.0. The molecule has 1 amide bonds. The fourth-order valence-electron chi connectivity index (χ4n) is 1.53. The first-order valence-electron chi connectivity index (χ1n) is 5.29. The second-order valence-corrected chi connectivity index (χ2v) is 4.11. The quantitative estimate of drug-likeness (QED) is 0.592. The lowest BCUT2D eigenvalue weighted by atomic mass is 10.0. The van der Waals surface area contributed by atoms with Crippen LogP contribution in [-0.2, 0) is 4.79 Å². The van der Waals surface area contributed by atoms with E-state index in [0.29, 0.717) is 0 Å². The molecular weight excluding hydrogens is 180 g/mol. The Morgan fingerprint density at radius 3 is 2.86 bits per heavy atom. The van der Waals surface area contributed by atoms with Gasteiger partial charge >= 0.3 is 0 Å². The molecule has 1 rings (SSSR count). The van der Waals surface area contributed by atoms with Crippen molar-refractivity contribution in [3.63, 3.8) is 0 Å². The summed E-state index contributed by atoms with van der Waals surface area (Å²) in [6.45, 7) is 4.89. The van der Waals surface area contributed by atoms with Crippen LogP contribution in [0.4, 0.5) is 0 Å². The van der Waals surface area contributed by atoms with Gasteiger partial charge in [0, 0.05) is 12.6 Å². The Morgan fingerprint density at radius 1 is 1.64 bits per heavy atom. The molecule has 1 aliphatic heterocycles. The molecule has 0 radical (unpaired) electrons. The number of hydrogen-bond acceptors (Lipinski definition) is 3. The van der Waals surface area contributed by atoms with E-state index in [2.05, 4.69) is 10.6 Å². The number of rotatable bonds is 4. The highest BCUT2D eigenvalue weighted by Crippen LogP contribution is 2.07. The standard InChI is InChI=1S/C10H20N2O2/c1-7(6-13)8(2)12-10(14)9-4-3-5-11-9/h7-9,11,13H,3-6H2,1-2H3,(H,12,14). The summed E-state index contributed by atoms with van der Waals surface area (Å²) in [6, 6.07) is 0.0123. The number of aliphatic hydroxyl groups excluding tert-OH is 1. The van der Waals surface area contributed by atoms with Crippen molar-refractivity contribution >= 4 is 5.91 Å². The molecule has 3 unspecified atom stereocenters. The van der Waals surface area contributed by atoms with E-state index in [1.54, 1.807) is 0 Å². The van der Waals surface area contributed by atoms with Crippen molar-refractivity contribution in [2.75, 3.05) is 13.2 Å². The van der Waals surface area contributed by atoms with E-state index in [0.717, 1.165) is 19.4 Å². The zero-order valence-electron chi connectivity index (χ0n) is 8.92. The molecule has 0 aromatic carbocycles. The Balaban J connectivity index is 2.31. The van der Waals surface area contributed by atoms with Crippen molar-refractivity contribution in [3.05, 3.63) is 0 Å². The van der Waals surface area contributed by atoms with Gasteiger partial charge in [-0.15, -0.1) is 0 Å². The van der Waals surface area contributed by atoms with Gasteiger partial charge in [0.15, 0.2) is 0 Å². The van der Waals surface area contributed by atoms with Gasteiger partial charge in [-0.1, -0.05) is 6.92 Å². The zero-order chi connectivity index (χ0) is 10.6. The highest BCUT2D eigenvalue weighted by molar-refractivity contribution is 5.82. The van der Waals surface area contributed by atoms with E-state index >= 15 is 0 Å². The maximum Gasteiger partial charge on any atom is 0.237 e. The van der Waals surface area contributed by atoms with Crippen molar-refractivity contribution in [1.82, 2.24) is 10.6 Å². The Bertz CT molecular complexity index is 191. The SMILES string of the molecule is CC(CO)C(C)NC(=O)C1CCCN1. The van der Waals surface area contributed by atoms with E-state index < -0.39 is 0 Å². The first-order chi connectivity index (χ1) is 6.65. The second-order valence-electron chi connectivity index (χ2n) is 4.11. The fourth-order valence-corrected chi connectivity index (χ4v) is 1.53. The van der Waals surface area contributed by atoms with Gasteiger partial charge in [0.1, 0.15) is 0 Å². The van der Waals surface area contributed by atoms with Crippen LogP contribution in [0.25, 0.3) is 0 Å². The van der Waals surface area contributed by atoms with Crippen LogP contribution < -0.4 is 10.6 Å². The van der Waals surface area contributed by atoms with E-state index in [9.17, 15) is 4.79 Å². The van der Waals surface area contributed by atoms with Crippen LogP contribution in [0.3, 0.4) is 0 Å². The molecule has 1 saturated heterocycles. The number of nitrogens with one attached hydrogen (secondary N) is 2. The van der Waals surface area contributed by atoms with Gasteiger partial charge in [-0.05, 0) is 32.2 Å². The average Bonchev–Trinajstić information content (AvgIpc) is 2.69. The maximum absolute atomic E-state index is 11.6.